The molecule has 0 aromatic heterocycles. The monoisotopic (exact) mass is 311 g/mol. The van der Waals surface area contributed by atoms with Crippen LogP contribution in [0.2, 0.25) is 0 Å². The van der Waals surface area contributed by atoms with E-state index in [1.165, 1.54) is 5.32 Å². The number of nitrogens with one attached hydrogen (secondary N) is 1. The van der Waals surface area contributed by atoms with E-state index >= 15 is 0 Å². The zero-order chi connectivity index (χ0) is 16.2. The second-order valence-electron chi connectivity index (χ2n) is 4.14. The van der Waals surface area contributed by atoms with Crippen molar-refractivity contribution in [2.45, 2.75) is 25.1 Å². The first-order chi connectivity index (χ1) is 9.61. The van der Waals surface area contributed by atoms with Crippen LogP contribution in [0.15, 0.2) is 18.2 Å². The lowest BCUT2D eigenvalue weighted by Crippen LogP contribution is -2.47. The van der Waals surface area contributed by atoms with E-state index in [4.69, 9.17) is 5.11 Å². The third kappa shape index (κ3) is 5.01. The molecule has 4 nitrogen and oxygen atoms in total. The van der Waals surface area contributed by atoms with Crippen LogP contribution < -0.4 is 5.32 Å². The number of hydrogen-bond acceptors (Lipinski definition) is 2. The molecule has 1 aromatic carbocycles. The number of aliphatic carboxylic acids is 1. The van der Waals surface area contributed by atoms with Gasteiger partial charge >= 0.3 is 18.1 Å². The van der Waals surface area contributed by atoms with Crippen LogP contribution in [0.4, 0.5) is 22.0 Å². The highest BCUT2D eigenvalue weighted by Crippen LogP contribution is 2.16. The molecule has 0 radical (unpaired) electrons. The fraction of sp³-hybridized carbons (Fsp3) is 0.333. The van der Waals surface area contributed by atoms with Crippen LogP contribution in [0, 0.1) is 11.6 Å². The number of carboxylic acid groups (broad SMARTS) is 1. The SMILES string of the molecule is O=C(O)[C@H](CCc1ccc(F)cc1F)NC(=O)C(F)(F)F. The van der Waals surface area contributed by atoms with Crippen molar-refractivity contribution in [1.29, 1.82) is 0 Å². The largest absolute Gasteiger partial charge is 0.480 e. The highest BCUT2D eigenvalue weighted by atomic mass is 19.4. The van der Waals surface area contributed by atoms with Crippen molar-refractivity contribution in [2.75, 3.05) is 0 Å². The van der Waals surface area contributed by atoms with Gasteiger partial charge in [0.2, 0.25) is 0 Å². The Morgan fingerprint density at radius 3 is 2.33 bits per heavy atom. The van der Waals surface area contributed by atoms with Gasteiger partial charge in [-0.15, -0.1) is 0 Å². The minimum Gasteiger partial charge on any atom is -0.480 e. The van der Waals surface area contributed by atoms with Crippen LogP contribution >= 0.6 is 0 Å². The molecule has 1 amide bonds. The van der Waals surface area contributed by atoms with E-state index in [0.717, 1.165) is 12.1 Å². The van der Waals surface area contributed by atoms with E-state index in [-0.39, 0.29) is 12.0 Å². The Balaban J connectivity index is 2.72. The highest BCUT2D eigenvalue weighted by Gasteiger charge is 2.40. The van der Waals surface area contributed by atoms with E-state index in [0.29, 0.717) is 6.07 Å². The summed E-state index contributed by atoms with van der Waals surface area (Å²) in [6.07, 6.45) is -5.96. The summed E-state index contributed by atoms with van der Waals surface area (Å²) >= 11 is 0. The van der Waals surface area contributed by atoms with E-state index in [9.17, 15) is 31.5 Å². The van der Waals surface area contributed by atoms with E-state index in [1.54, 1.807) is 0 Å². The van der Waals surface area contributed by atoms with Gasteiger partial charge in [-0.25, -0.2) is 13.6 Å². The molecule has 21 heavy (non-hydrogen) atoms. The Bertz CT molecular complexity index is 544. The molecular formula is C12H10F5NO3. The van der Waals surface area contributed by atoms with Gasteiger partial charge in [0.15, 0.2) is 0 Å². The topological polar surface area (TPSA) is 66.4 Å². The number of carbonyl (C=O) groups is 2. The van der Waals surface area contributed by atoms with Crippen LogP contribution in [0.25, 0.3) is 0 Å². The lowest BCUT2D eigenvalue weighted by atomic mass is 10.0. The molecule has 2 N–H and O–H groups in total. The predicted molar refractivity (Wildman–Crippen MR) is 60.3 cm³/mol. The molecule has 1 aromatic rings. The number of alkyl halides is 3. The van der Waals surface area contributed by atoms with E-state index < -0.39 is 42.1 Å². The Morgan fingerprint density at radius 2 is 1.86 bits per heavy atom. The lowest BCUT2D eigenvalue weighted by Gasteiger charge is -2.15. The first-order valence-electron chi connectivity index (χ1n) is 5.65. The number of carbonyl (C=O) groups excluding carboxylic acids is 1. The quantitative estimate of drug-likeness (QED) is 0.818. The Hall–Kier alpha value is -2.19. The molecule has 0 aliphatic heterocycles. The molecular weight excluding hydrogens is 301 g/mol. The maximum absolute atomic E-state index is 13.3. The first-order valence-corrected chi connectivity index (χ1v) is 5.65. The summed E-state index contributed by atoms with van der Waals surface area (Å²) in [5.74, 6) is -5.86. The minimum atomic E-state index is -5.21. The van der Waals surface area contributed by atoms with Gasteiger partial charge in [-0.2, -0.15) is 13.2 Å². The zero-order valence-electron chi connectivity index (χ0n) is 10.4. The average Bonchev–Trinajstić information content (AvgIpc) is 2.34. The summed E-state index contributed by atoms with van der Waals surface area (Å²) in [6, 6.07) is 0.723. The zero-order valence-corrected chi connectivity index (χ0v) is 10.4. The summed E-state index contributed by atoms with van der Waals surface area (Å²) in [5.41, 5.74) is -0.0658. The highest BCUT2D eigenvalue weighted by molar-refractivity contribution is 5.86. The maximum Gasteiger partial charge on any atom is 0.471 e. The number of amides is 1. The fourth-order valence-electron chi connectivity index (χ4n) is 1.52. The molecule has 0 aliphatic carbocycles. The Labute approximate surface area is 115 Å². The van der Waals surface area contributed by atoms with Gasteiger partial charge in [0.05, 0.1) is 0 Å². The minimum absolute atomic E-state index is 0.0658. The molecule has 0 unspecified atom stereocenters. The van der Waals surface area contributed by atoms with Crippen LogP contribution in [-0.2, 0) is 16.0 Å². The molecule has 0 saturated heterocycles. The van der Waals surface area contributed by atoms with Gasteiger partial charge in [-0.05, 0) is 24.5 Å². The van der Waals surface area contributed by atoms with Gasteiger partial charge in [0.1, 0.15) is 17.7 Å². The van der Waals surface area contributed by atoms with Crippen LogP contribution in [0.1, 0.15) is 12.0 Å². The molecule has 0 saturated carbocycles. The number of hydrogen-bond donors (Lipinski definition) is 2. The predicted octanol–water partition coefficient (Wildman–Crippen LogP) is 2.03. The molecule has 1 atom stereocenters. The van der Waals surface area contributed by atoms with Gasteiger partial charge in [0.25, 0.3) is 0 Å². The number of rotatable bonds is 5. The first kappa shape index (κ1) is 16.9. The molecule has 0 spiro atoms. The lowest BCUT2D eigenvalue weighted by molar-refractivity contribution is -0.175. The van der Waals surface area contributed by atoms with Gasteiger partial charge < -0.3 is 10.4 Å². The van der Waals surface area contributed by atoms with Gasteiger partial charge in [0, 0.05) is 6.07 Å². The number of aryl methyl sites for hydroxylation is 1. The molecule has 0 heterocycles. The number of benzene rings is 1. The summed E-state index contributed by atoms with van der Waals surface area (Å²) in [4.78, 5) is 21.5. The summed E-state index contributed by atoms with van der Waals surface area (Å²) in [5, 5.41) is 10.0. The standard InChI is InChI=1S/C12H10F5NO3/c13-7-3-1-6(8(14)5-7)2-4-9(10(19)20)18-11(21)12(15,16)17/h1,3,5,9H,2,4H2,(H,18,21)(H,19,20)/t9-/m0/s1. The van der Waals surface area contributed by atoms with Gasteiger partial charge in [-0.3, -0.25) is 4.79 Å². The van der Waals surface area contributed by atoms with Crippen molar-refractivity contribution in [1.82, 2.24) is 5.32 Å². The van der Waals surface area contributed by atoms with E-state index in [2.05, 4.69) is 0 Å². The van der Waals surface area contributed by atoms with Crippen molar-refractivity contribution < 1.29 is 36.6 Å². The second kappa shape index (κ2) is 6.51. The molecule has 0 aliphatic rings. The van der Waals surface area contributed by atoms with Crippen LogP contribution in [0.3, 0.4) is 0 Å². The molecule has 0 fully saturated rings. The van der Waals surface area contributed by atoms with Crippen molar-refractivity contribution >= 4 is 11.9 Å². The van der Waals surface area contributed by atoms with Crippen LogP contribution in [0.5, 0.6) is 0 Å². The smallest absolute Gasteiger partial charge is 0.471 e. The number of carboxylic acids is 1. The molecule has 1 rings (SSSR count). The summed E-state index contributed by atoms with van der Waals surface area (Å²) < 4.78 is 62.1. The molecule has 0 bridgehead atoms. The van der Waals surface area contributed by atoms with Crippen molar-refractivity contribution in [3.63, 3.8) is 0 Å². The van der Waals surface area contributed by atoms with Gasteiger partial charge in [-0.1, -0.05) is 6.07 Å². The molecule has 9 heteroatoms. The van der Waals surface area contributed by atoms with Crippen LogP contribution in [-0.4, -0.2) is 29.2 Å². The average molecular weight is 311 g/mol. The maximum atomic E-state index is 13.3. The van der Waals surface area contributed by atoms with Crippen molar-refractivity contribution in [3.8, 4) is 0 Å². The van der Waals surface area contributed by atoms with Crippen molar-refractivity contribution in [2.24, 2.45) is 0 Å². The Kier molecular flexibility index (Phi) is 5.23. The normalized spacial score (nSPS) is 12.8. The van der Waals surface area contributed by atoms with Crippen molar-refractivity contribution in [3.05, 3.63) is 35.4 Å². The summed E-state index contributed by atoms with van der Waals surface area (Å²) in [7, 11) is 0. The second-order valence-corrected chi connectivity index (χ2v) is 4.14. The summed E-state index contributed by atoms with van der Waals surface area (Å²) in [6.45, 7) is 0. The Morgan fingerprint density at radius 1 is 1.24 bits per heavy atom. The number of halogens is 5. The third-order valence-electron chi connectivity index (χ3n) is 2.58. The molecule has 116 valence electrons. The van der Waals surface area contributed by atoms with E-state index in [1.807, 2.05) is 0 Å². The third-order valence-corrected chi connectivity index (χ3v) is 2.58. The fourth-order valence-corrected chi connectivity index (χ4v) is 1.52.